The molecule has 1 aromatic rings. The molecular weight excluding hydrogens is 318 g/mol. The summed E-state index contributed by atoms with van der Waals surface area (Å²) in [4.78, 5) is 23.7. The lowest BCUT2D eigenvalue weighted by atomic mass is 10.3. The second-order valence-electron chi connectivity index (χ2n) is 3.55. The summed E-state index contributed by atoms with van der Waals surface area (Å²) in [6.45, 7) is 1.59. The van der Waals surface area contributed by atoms with Gasteiger partial charge in [0.2, 0.25) is 5.91 Å². The Kier molecular flexibility index (Phi) is 6.21. The number of carbonyl (C=O) groups is 2. The van der Waals surface area contributed by atoms with E-state index in [1.807, 2.05) is 24.3 Å². The third-order valence-electron chi connectivity index (χ3n) is 2.12. The van der Waals surface area contributed by atoms with Crippen LogP contribution in [0.15, 0.2) is 33.6 Å². The molecule has 0 saturated heterocycles. The van der Waals surface area contributed by atoms with E-state index < -0.39 is 12.0 Å². The van der Waals surface area contributed by atoms with Gasteiger partial charge in [0.1, 0.15) is 6.04 Å². The van der Waals surface area contributed by atoms with Crippen LogP contribution in [0, 0.1) is 0 Å². The number of nitrogens with one attached hydrogen (secondary N) is 1. The molecule has 1 N–H and O–H groups in total. The standard InChI is InChI=1S/C12H14BrNO3S/c1-8(12(16)17-2)14-11(15)7-18-10-5-3-9(13)4-6-10/h3-6,8H,7H2,1-2H3,(H,14,15)/t8-/m0/s1. The summed E-state index contributed by atoms with van der Waals surface area (Å²) >= 11 is 4.76. The zero-order valence-electron chi connectivity index (χ0n) is 10.1. The Morgan fingerprint density at radius 2 is 2.00 bits per heavy atom. The van der Waals surface area contributed by atoms with Crippen LogP contribution in [-0.4, -0.2) is 30.8 Å². The first-order chi connectivity index (χ1) is 8.52. The molecule has 1 amide bonds. The predicted molar refractivity (Wildman–Crippen MR) is 74.5 cm³/mol. The lowest BCUT2D eigenvalue weighted by Crippen LogP contribution is -2.40. The van der Waals surface area contributed by atoms with Gasteiger partial charge in [-0.2, -0.15) is 0 Å². The highest BCUT2D eigenvalue weighted by molar-refractivity contribution is 9.10. The maximum atomic E-state index is 11.6. The first-order valence-electron chi connectivity index (χ1n) is 5.28. The summed E-state index contributed by atoms with van der Waals surface area (Å²) in [5.41, 5.74) is 0. The van der Waals surface area contributed by atoms with Gasteiger partial charge in [0, 0.05) is 9.37 Å². The van der Waals surface area contributed by atoms with E-state index in [2.05, 4.69) is 26.0 Å². The zero-order valence-corrected chi connectivity index (χ0v) is 12.5. The summed E-state index contributed by atoms with van der Waals surface area (Å²) in [6, 6.07) is 7.06. The summed E-state index contributed by atoms with van der Waals surface area (Å²) in [5.74, 6) is -0.374. The fourth-order valence-corrected chi connectivity index (χ4v) is 2.17. The smallest absolute Gasteiger partial charge is 0.328 e. The molecule has 1 rings (SSSR count). The van der Waals surface area contributed by atoms with Gasteiger partial charge in [0.15, 0.2) is 0 Å². The van der Waals surface area contributed by atoms with Gasteiger partial charge in [-0.1, -0.05) is 15.9 Å². The molecule has 98 valence electrons. The van der Waals surface area contributed by atoms with Crippen molar-refractivity contribution in [1.82, 2.24) is 5.32 Å². The summed E-state index contributed by atoms with van der Waals surface area (Å²) < 4.78 is 5.52. The second-order valence-corrected chi connectivity index (χ2v) is 5.52. The molecular formula is C12H14BrNO3S. The number of halogens is 1. The van der Waals surface area contributed by atoms with Crippen molar-refractivity contribution in [2.75, 3.05) is 12.9 Å². The topological polar surface area (TPSA) is 55.4 Å². The lowest BCUT2D eigenvalue weighted by molar-refractivity contribution is -0.144. The van der Waals surface area contributed by atoms with Crippen molar-refractivity contribution in [3.63, 3.8) is 0 Å². The van der Waals surface area contributed by atoms with E-state index in [1.54, 1.807) is 6.92 Å². The van der Waals surface area contributed by atoms with E-state index in [0.717, 1.165) is 9.37 Å². The Balaban J connectivity index is 2.37. The van der Waals surface area contributed by atoms with Crippen molar-refractivity contribution in [2.24, 2.45) is 0 Å². The number of benzene rings is 1. The van der Waals surface area contributed by atoms with E-state index in [1.165, 1.54) is 18.9 Å². The minimum atomic E-state index is -0.618. The number of esters is 1. The van der Waals surface area contributed by atoms with Crippen LogP contribution < -0.4 is 5.32 Å². The fourth-order valence-electron chi connectivity index (χ4n) is 1.20. The van der Waals surface area contributed by atoms with Crippen molar-refractivity contribution < 1.29 is 14.3 Å². The predicted octanol–water partition coefficient (Wildman–Crippen LogP) is 2.22. The van der Waals surface area contributed by atoms with Crippen LogP contribution in [0.4, 0.5) is 0 Å². The Labute approximate surface area is 119 Å². The quantitative estimate of drug-likeness (QED) is 0.664. The van der Waals surface area contributed by atoms with E-state index in [-0.39, 0.29) is 11.7 Å². The number of carbonyl (C=O) groups excluding carboxylic acids is 2. The minimum Gasteiger partial charge on any atom is -0.467 e. The third kappa shape index (κ3) is 5.10. The van der Waals surface area contributed by atoms with Gasteiger partial charge in [-0.05, 0) is 31.2 Å². The van der Waals surface area contributed by atoms with Crippen molar-refractivity contribution >= 4 is 39.6 Å². The lowest BCUT2D eigenvalue weighted by Gasteiger charge is -2.11. The van der Waals surface area contributed by atoms with Crippen LogP contribution >= 0.6 is 27.7 Å². The number of hydrogen-bond donors (Lipinski definition) is 1. The SMILES string of the molecule is COC(=O)[C@H](C)NC(=O)CSc1ccc(Br)cc1. The summed E-state index contributed by atoms with van der Waals surface area (Å²) in [7, 11) is 1.29. The average Bonchev–Trinajstić information content (AvgIpc) is 2.37. The number of methoxy groups -OCH3 is 1. The Hall–Kier alpha value is -1.01. The van der Waals surface area contributed by atoms with Crippen molar-refractivity contribution in [3.8, 4) is 0 Å². The van der Waals surface area contributed by atoms with E-state index in [4.69, 9.17) is 0 Å². The van der Waals surface area contributed by atoms with Crippen molar-refractivity contribution in [3.05, 3.63) is 28.7 Å². The maximum absolute atomic E-state index is 11.6. The van der Waals surface area contributed by atoms with E-state index >= 15 is 0 Å². The normalized spacial score (nSPS) is 11.7. The van der Waals surface area contributed by atoms with Gasteiger partial charge in [-0.25, -0.2) is 4.79 Å². The van der Waals surface area contributed by atoms with Crippen LogP contribution in [0.25, 0.3) is 0 Å². The van der Waals surface area contributed by atoms with Crippen LogP contribution in [0.5, 0.6) is 0 Å². The van der Waals surface area contributed by atoms with Crippen LogP contribution in [0.2, 0.25) is 0 Å². The maximum Gasteiger partial charge on any atom is 0.328 e. The monoisotopic (exact) mass is 331 g/mol. The highest BCUT2D eigenvalue weighted by atomic mass is 79.9. The number of rotatable bonds is 5. The molecule has 0 aliphatic heterocycles. The fraction of sp³-hybridized carbons (Fsp3) is 0.333. The highest BCUT2D eigenvalue weighted by Crippen LogP contribution is 2.20. The Morgan fingerprint density at radius 3 is 2.56 bits per heavy atom. The molecule has 0 fully saturated rings. The summed E-state index contributed by atoms with van der Waals surface area (Å²) in [5, 5.41) is 2.57. The number of ether oxygens (including phenoxy) is 1. The highest BCUT2D eigenvalue weighted by Gasteiger charge is 2.15. The molecule has 0 bridgehead atoms. The molecule has 0 aliphatic carbocycles. The van der Waals surface area contributed by atoms with Gasteiger partial charge in [0.05, 0.1) is 12.9 Å². The second kappa shape index (κ2) is 7.43. The van der Waals surface area contributed by atoms with Crippen LogP contribution in [0.1, 0.15) is 6.92 Å². The Morgan fingerprint density at radius 1 is 1.39 bits per heavy atom. The van der Waals surface area contributed by atoms with Gasteiger partial charge >= 0.3 is 5.97 Å². The van der Waals surface area contributed by atoms with Crippen LogP contribution in [0.3, 0.4) is 0 Å². The summed E-state index contributed by atoms with van der Waals surface area (Å²) in [6.07, 6.45) is 0. The number of hydrogen-bond acceptors (Lipinski definition) is 4. The molecule has 0 radical (unpaired) electrons. The minimum absolute atomic E-state index is 0.194. The molecule has 0 aliphatic rings. The molecule has 0 saturated carbocycles. The van der Waals surface area contributed by atoms with E-state index in [0.29, 0.717) is 0 Å². The first kappa shape index (κ1) is 15.0. The van der Waals surface area contributed by atoms with Gasteiger partial charge in [-0.15, -0.1) is 11.8 Å². The first-order valence-corrected chi connectivity index (χ1v) is 7.06. The molecule has 18 heavy (non-hydrogen) atoms. The van der Waals surface area contributed by atoms with Crippen molar-refractivity contribution in [1.29, 1.82) is 0 Å². The third-order valence-corrected chi connectivity index (χ3v) is 3.66. The zero-order chi connectivity index (χ0) is 13.5. The largest absolute Gasteiger partial charge is 0.467 e. The van der Waals surface area contributed by atoms with E-state index in [9.17, 15) is 9.59 Å². The van der Waals surface area contributed by atoms with Gasteiger partial charge in [-0.3, -0.25) is 4.79 Å². The van der Waals surface area contributed by atoms with Crippen LogP contribution in [-0.2, 0) is 14.3 Å². The number of amides is 1. The molecule has 0 aromatic heterocycles. The molecule has 0 heterocycles. The Bertz CT molecular complexity index is 422. The molecule has 4 nitrogen and oxygen atoms in total. The van der Waals surface area contributed by atoms with Gasteiger partial charge < -0.3 is 10.1 Å². The molecule has 0 spiro atoms. The van der Waals surface area contributed by atoms with Crippen molar-refractivity contribution in [2.45, 2.75) is 17.9 Å². The molecule has 1 atom stereocenters. The van der Waals surface area contributed by atoms with Gasteiger partial charge in [0.25, 0.3) is 0 Å². The number of thioether (sulfide) groups is 1. The average molecular weight is 332 g/mol. The molecule has 6 heteroatoms. The molecule has 0 unspecified atom stereocenters. The molecule has 1 aromatic carbocycles.